The van der Waals surface area contributed by atoms with E-state index < -0.39 is 0 Å². The molecule has 262 valence electrons. The fraction of sp³-hybridized carbons (Fsp3) is 0.0588. The Bertz CT molecular complexity index is 2730. The van der Waals surface area contributed by atoms with Crippen molar-refractivity contribution >= 4 is 34.1 Å². The van der Waals surface area contributed by atoms with Crippen molar-refractivity contribution in [3.63, 3.8) is 0 Å². The van der Waals surface area contributed by atoms with Crippen molar-refractivity contribution in [2.75, 3.05) is 9.80 Å². The number of fused-ring (bicyclic) bond motifs is 7. The minimum Gasteiger partial charge on any atom is -0.453 e. The Morgan fingerprint density at radius 3 is 1.69 bits per heavy atom. The number of hydrogen-bond donors (Lipinski definition) is 0. The second kappa shape index (κ2) is 12.0. The molecule has 0 fully saturated rings. The molecule has 2 heterocycles. The topological polar surface area (TPSA) is 24.9 Å². The van der Waals surface area contributed by atoms with Gasteiger partial charge >= 0.3 is 0 Å². The summed E-state index contributed by atoms with van der Waals surface area (Å²) in [5.41, 5.74) is 15.8. The van der Waals surface area contributed by atoms with Crippen LogP contribution < -0.4 is 19.3 Å². The lowest BCUT2D eigenvalue weighted by molar-refractivity contribution is 0.446. The van der Waals surface area contributed by atoms with E-state index in [1.54, 1.807) is 0 Å². The van der Waals surface area contributed by atoms with Gasteiger partial charge in [0.1, 0.15) is 5.69 Å². The lowest BCUT2D eigenvalue weighted by Crippen LogP contribution is -2.20. The third-order valence-electron chi connectivity index (χ3n) is 11.4. The summed E-state index contributed by atoms with van der Waals surface area (Å²) in [6, 6.07) is 64.7. The predicted octanol–water partition coefficient (Wildman–Crippen LogP) is 14.5. The van der Waals surface area contributed by atoms with E-state index in [-0.39, 0.29) is 5.41 Å². The molecule has 1 aliphatic carbocycles. The van der Waals surface area contributed by atoms with Crippen LogP contribution in [-0.4, -0.2) is 0 Å². The van der Waals surface area contributed by atoms with Gasteiger partial charge in [-0.3, -0.25) is 4.90 Å². The maximum atomic E-state index is 6.62. The molecule has 0 spiro atoms. The predicted molar refractivity (Wildman–Crippen MR) is 224 cm³/mol. The molecule has 4 nitrogen and oxygen atoms in total. The average molecular weight is 709 g/mol. The first-order valence-electron chi connectivity index (χ1n) is 18.8. The Kier molecular flexibility index (Phi) is 6.86. The van der Waals surface area contributed by atoms with E-state index >= 15 is 0 Å². The molecule has 0 saturated carbocycles. The number of benzene rings is 8. The molecule has 0 bridgehead atoms. The van der Waals surface area contributed by atoms with Crippen molar-refractivity contribution in [1.29, 1.82) is 0 Å². The molecule has 0 radical (unpaired) electrons. The Labute approximate surface area is 321 Å². The van der Waals surface area contributed by atoms with Crippen LogP contribution in [0.3, 0.4) is 0 Å². The summed E-state index contributed by atoms with van der Waals surface area (Å²) >= 11 is 0. The van der Waals surface area contributed by atoms with E-state index in [1.807, 2.05) is 36.4 Å². The van der Waals surface area contributed by atoms with Crippen LogP contribution in [0.1, 0.15) is 25.0 Å². The molecule has 55 heavy (non-hydrogen) atoms. The fourth-order valence-corrected chi connectivity index (χ4v) is 8.73. The van der Waals surface area contributed by atoms with Gasteiger partial charge in [0.15, 0.2) is 23.0 Å². The molecule has 0 N–H and O–H groups in total. The minimum atomic E-state index is -0.123. The van der Waals surface area contributed by atoms with Crippen LogP contribution in [0.25, 0.3) is 33.4 Å². The molecule has 8 aromatic rings. The molecule has 11 rings (SSSR count). The first kappa shape index (κ1) is 31.5. The molecule has 0 saturated heterocycles. The summed E-state index contributed by atoms with van der Waals surface area (Å²) in [5.74, 6) is 3.16. The first-order valence-corrected chi connectivity index (χ1v) is 18.8. The summed E-state index contributed by atoms with van der Waals surface area (Å²) in [6.45, 7) is 4.68. The van der Waals surface area contributed by atoms with E-state index in [2.05, 4.69) is 169 Å². The van der Waals surface area contributed by atoms with E-state index in [4.69, 9.17) is 9.47 Å². The molecule has 0 amide bonds. The first-order chi connectivity index (χ1) is 27.0. The highest BCUT2D eigenvalue weighted by Crippen LogP contribution is 2.60. The van der Waals surface area contributed by atoms with Gasteiger partial charge in [0.05, 0.1) is 11.4 Å². The third-order valence-corrected chi connectivity index (χ3v) is 11.4. The van der Waals surface area contributed by atoms with E-state index in [0.717, 1.165) is 68.2 Å². The third kappa shape index (κ3) is 4.92. The monoisotopic (exact) mass is 708 g/mol. The summed E-state index contributed by atoms with van der Waals surface area (Å²) in [7, 11) is 0. The summed E-state index contributed by atoms with van der Waals surface area (Å²) in [4.78, 5) is 4.64. The van der Waals surface area contributed by atoms with Gasteiger partial charge in [-0.2, -0.15) is 0 Å². The summed E-state index contributed by atoms with van der Waals surface area (Å²) in [6.07, 6.45) is 0. The van der Waals surface area contributed by atoms with Crippen LogP contribution in [0.15, 0.2) is 182 Å². The van der Waals surface area contributed by atoms with Gasteiger partial charge in [0.2, 0.25) is 0 Å². The minimum absolute atomic E-state index is 0.123. The van der Waals surface area contributed by atoms with E-state index in [0.29, 0.717) is 0 Å². The Hall–Kier alpha value is -7.04. The second-order valence-electron chi connectivity index (χ2n) is 15.0. The highest BCUT2D eigenvalue weighted by molar-refractivity contribution is 5.95. The highest BCUT2D eigenvalue weighted by atomic mass is 16.5. The smallest absolute Gasteiger partial charge is 0.156 e. The maximum Gasteiger partial charge on any atom is 0.156 e. The van der Waals surface area contributed by atoms with Gasteiger partial charge in [0, 0.05) is 22.5 Å². The largest absolute Gasteiger partial charge is 0.453 e. The number of nitrogens with zero attached hydrogens (tertiary/aromatic N) is 2. The van der Waals surface area contributed by atoms with Gasteiger partial charge in [0.25, 0.3) is 0 Å². The van der Waals surface area contributed by atoms with Crippen molar-refractivity contribution in [2.24, 2.45) is 0 Å². The van der Waals surface area contributed by atoms with Crippen molar-refractivity contribution in [3.05, 3.63) is 193 Å². The van der Waals surface area contributed by atoms with Crippen LogP contribution in [0.4, 0.5) is 34.1 Å². The number of ether oxygens (including phenoxy) is 2. The molecule has 2 aliphatic heterocycles. The van der Waals surface area contributed by atoms with Gasteiger partial charge < -0.3 is 14.4 Å². The Balaban J connectivity index is 1.05. The number of rotatable bonds is 5. The Morgan fingerprint density at radius 2 is 0.964 bits per heavy atom. The molecule has 4 heteroatoms. The molecule has 3 aliphatic rings. The fourth-order valence-electron chi connectivity index (χ4n) is 8.73. The van der Waals surface area contributed by atoms with Crippen LogP contribution in [-0.2, 0) is 5.41 Å². The van der Waals surface area contributed by atoms with E-state index in [9.17, 15) is 0 Å². The zero-order chi connectivity index (χ0) is 36.7. The number of anilines is 6. The SMILES string of the molecule is CC1(C)c2ccccc2-c2ccc(N(c3ccc(-c4ccccc4)cc3)c3cccc(-c4cc5c6c(c4)Oc4ccccc4N6c4ccccc4O5)c3)cc21. The van der Waals surface area contributed by atoms with Crippen molar-refractivity contribution in [2.45, 2.75) is 19.3 Å². The summed E-state index contributed by atoms with van der Waals surface area (Å²) in [5, 5.41) is 0. The molecule has 0 aromatic heterocycles. The van der Waals surface area contributed by atoms with E-state index in [1.165, 1.54) is 33.4 Å². The number of hydrogen-bond acceptors (Lipinski definition) is 4. The normalized spacial score (nSPS) is 13.7. The van der Waals surface area contributed by atoms with Gasteiger partial charge in [-0.15, -0.1) is 0 Å². The van der Waals surface area contributed by atoms with Crippen LogP contribution >= 0.6 is 0 Å². The maximum absolute atomic E-state index is 6.62. The Morgan fingerprint density at radius 1 is 0.400 bits per heavy atom. The molecule has 8 aromatic carbocycles. The standard InChI is InChI=1S/C51H36N2O2/c1-51(2)42-18-7-6-17-40(42)41-28-27-39(32-43(41)51)52(37-25-23-34(24-26-37)33-13-4-3-5-14-33)38-16-12-15-35(29-38)36-30-48-50-49(31-36)55-47-22-11-9-20-45(47)53(50)44-19-8-10-21-46(44)54-48/h3-32H,1-2H3. The zero-order valence-corrected chi connectivity index (χ0v) is 30.5. The van der Waals surface area contributed by atoms with Crippen molar-refractivity contribution < 1.29 is 9.47 Å². The molecule has 0 atom stereocenters. The van der Waals surface area contributed by atoms with Gasteiger partial charge in [-0.25, -0.2) is 0 Å². The molecular weight excluding hydrogens is 673 g/mol. The average Bonchev–Trinajstić information content (AvgIpc) is 3.46. The van der Waals surface area contributed by atoms with Gasteiger partial charge in [-0.05, 0) is 117 Å². The van der Waals surface area contributed by atoms with Crippen molar-refractivity contribution in [3.8, 4) is 56.4 Å². The zero-order valence-electron chi connectivity index (χ0n) is 30.5. The van der Waals surface area contributed by atoms with Crippen LogP contribution in [0, 0.1) is 0 Å². The second-order valence-corrected chi connectivity index (χ2v) is 15.0. The van der Waals surface area contributed by atoms with Crippen molar-refractivity contribution in [1.82, 2.24) is 0 Å². The molecular formula is C51H36N2O2. The number of para-hydroxylation sites is 4. The summed E-state index contributed by atoms with van der Waals surface area (Å²) < 4.78 is 13.2. The quantitative estimate of drug-likeness (QED) is 0.178. The highest BCUT2D eigenvalue weighted by Gasteiger charge is 2.37. The van der Waals surface area contributed by atoms with Crippen LogP contribution in [0.5, 0.6) is 23.0 Å². The van der Waals surface area contributed by atoms with Crippen LogP contribution in [0.2, 0.25) is 0 Å². The van der Waals surface area contributed by atoms with Gasteiger partial charge in [-0.1, -0.05) is 123 Å². The molecule has 0 unspecified atom stereocenters. The lowest BCUT2D eigenvalue weighted by Gasteiger charge is -2.38. The lowest BCUT2D eigenvalue weighted by atomic mass is 9.82.